The van der Waals surface area contributed by atoms with E-state index in [0.29, 0.717) is 31.3 Å². The molecule has 2 aromatic carbocycles. The summed E-state index contributed by atoms with van der Waals surface area (Å²) in [5.74, 6) is 0.771. The van der Waals surface area contributed by atoms with Crippen LogP contribution in [0.4, 0.5) is 0 Å². The number of hydrogen-bond acceptors (Lipinski definition) is 4. The van der Waals surface area contributed by atoms with Crippen LogP contribution in [0.15, 0.2) is 53.3 Å². The third kappa shape index (κ3) is 4.09. The third-order valence-corrected chi connectivity index (χ3v) is 5.12. The van der Waals surface area contributed by atoms with Crippen LogP contribution in [0.1, 0.15) is 12.0 Å². The molecule has 0 aliphatic heterocycles. The minimum atomic E-state index is -0.0562. The average molecular weight is 356 g/mol. The number of benzene rings is 2. The monoisotopic (exact) mass is 356 g/mol. The van der Waals surface area contributed by atoms with Gasteiger partial charge in [0.2, 0.25) is 5.91 Å². The van der Waals surface area contributed by atoms with Gasteiger partial charge in [0.05, 0.1) is 17.2 Å². The van der Waals surface area contributed by atoms with Crippen molar-refractivity contribution in [3.63, 3.8) is 0 Å². The number of rotatable bonds is 7. The zero-order valence-electron chi connectivity index (χ0n) is 14.0. The summed E-state index contributed by atoms with van der Waals surface area (Å²) >= 11 is 1.40. The molecule has 25 heavy (non-hydrogen) atoms. The number of fused-ring (bicyclic) bond motifs is 1. The van der Waals surface area contributed by atoms with Crippen molar-refractivity contribution < 1.29 is 9.53 Å². The number of amides is 1. The summed E-state index contributed by atoms with van der Waals surface area (Å²) in [5, 5.41) is 3.61. The molecule has 1 aromatic heterocycles. The molecule has 0 radical (unpaired) electrons. The van der Waals surface area contributed by atoms with Gasteiger partial charge in [-0.15, -0.1) is 0 Å². The van der Waals surface area contributed by atoms with E-state index in [9.17, 15) is 9.59 Å². The van der Waals surface area contributed by atoms with Gasteiger partial charge >= 0.3 is 0 Å². The minimum Gasteiger partial charge on any atom is -0.496 e. The second-order valence-corrected chi connectivity index (χ2v) is 6.72. The third-order valence-electron chi connectivity index (χ3n) is 4.00. The first-order valence-electron chi connectivity index (χ1n) is 8.16. The summed E-state index contributed by atoms with van der Waals surface area (Å²) in [5.41, 5.74) is 1.04. The van der Waals surface area contributed by atoms with E-state index in [1.807, 2.05) is 48.5 Å². The lowest BCUT2D eigenvalue weighted by Gasteiger charge is -2.09. The van der Waals surface area contributed by atoms with E-state index < -0.39 is 0 Å². The van der Waals surface area contributed by atoms with Crippen molar-refractivity contribution in [2.45, 2.75) is 19.4 Å². The molecule has 0 aliphatic carbocycles. The minimum absolute atomic E-state index is 0.0255. The summed E-state index contributed by atoms with van der Waals surface area (Å²) < 4.78 is 7.89. The highest BCUT2D eigenvalue weighted by molar-refractivity contribution is 7.13. The molecule has 3 rings (SSSR count). The Hall–Kier alpha value is -2.60. The summed E-state index contributed by atoms with van der Waals surface area (Å²) in [6, 6.07) is 15.3. The zero-order chi connectivity index (χ0) is 17.6. The molecule has 3 aromatic rings. The van der Waals surface area contributed by atoms with Gasteiger partial charge < -0.3 is 10.1 Å². The fourth-order valence-electron chi connectivity index (χ4n) is 2.70. The average Bonchev–Trinajstić information content (AvgIpc) is 2.97. The maximum Gasteiger partial charge on any atom is 0.268 e. The number of methoxy groups -OCH3 is 1. The summed E-state index contributed by atoms with van der Waals surface area (Å²) in [4.78, 5) is 24.3. The van der Waals surface area contributed by atoms with Crippen molar-refractivity contribution in [2.75, 3.05) is 13.7 Å². The molecular formula is C19H20N2O3S. The molecule has 1 amide bonds. The summed E-state index contributed by atoms with van der Waals surface area (Å²) in [7, 11) is 1.64. The number of ether oxygens (including phenoxy) is 1. The Morgan fingerprint density at radius 1 is 1.16 bits per heavy atom. The van der Waals surface area contributed by atoms with Crippen LogP contribution in [0.5, 0.6) is 5.75 Å². The maximum absolute atomic E-state index is 12.2. The van der Waals surface area contributed by atoms with Crippen LogP contribution in [-0.2, 0) is 17.8 Å². The maximum atomic E-state index is 12.2. The van der Waals surface area contributed by atoms with Crippen molar-refractivity contribution in [1.29, 1.82) is 0 Å². The van der Waals surface area contributed by atoms with E-state index in [2.05, 4.69) is 5.32 Å². The highest BCUT2D eigenvalue weighted by atomic mass is 32.1. The molecule has 6 heteroatoms. The normalized spacial score (nSPS) is 10.8. The van der Waals surface area contributed by atoms with E-state index in [4.69, 9.17) is 4.74 Å². The van der Waals surface area contributed by atoms with Gasteiger partial charge in [0.1, 0.15) is 5.75 Å². The number of carbonyl (C=O) groups excluding carboxylic acids is 1. The number of aromatic nitrogens is 1. The Balaban J connectivity index is 1.51. The standard InChI is InChI=1S/C19H20N2O3S/c1-24-16-8-4-2-6-14(16)10-12-20-18(22)11-13-21-19(23)15-7-3-5-9-17(15)25-21/h2-9H,10-13H2,1H3,(H,20,22). The van der Waals surface area contributed by atoms with Gasteiger partial charge in [-0.05, 0) is 30.2 Å². The van der Waals surface area contributed by atoms with Gasteiger partial charge in [-0.1, -0.05) is 41.9 Å². The van der Waals surface area contributed by atoms with Gasteiger partial charge in [-0.2, -0.15) is 0 Å². The molecule has 0 saturated heterocycles. The molecule has 0 saturated carbocycles. The largest absolute Gasteiger partial charge is 0.496 e. The lowest BCUT2D eigenvalue weighted by Crippen LogP contribution is -2.27. The molecule has 1 N–H and O–H groups in total. The molecule has 130 valence electrons. The molecule has 0 spiro atoms. The van der Waals surface area contributed by atoms with E-state index in [0.717, 1.165) is 16.0 Å². The van der Waals surface area contributed by atoms with Crippen LogP contribution in [0.2, 0.25) is 0 Å². The van der Waals surface area contributed by atoms with E-state index in [1.165, 1.54) is 11.5 Å². The Labute approximate surface area is 150 Å². The molecule has 0 atom stereocenters. The van der Waals surface area contributed by atoms with Crippen LogP contribution in [0.25, 0.3) is 10.1 Å². The topological polar surface area (TPSA) is 60.3 Å². The SMILES string of the molecule is COc1ccccc1CCNC(=O)CCn1sc2ccccc2c1=O. The Kier molecular flexibility index (Phi) is 5.50. The van der Waals surface area contributed by atoms with E-state index in [-0.39, 0.29) is 11.5 Å². The Bertz CT molecular complexity index is 930. The summed E-state index contributed by atoms with van der Waals surface area (Å²) in [6.45, 7) is 0.944. The van der Waals surface area contributed by atoms with Gasteiger partial charge in [0.15, 0.2) is 0 Å². The fourth-order valence-corrected chi connectivity index (χ4v) is 3.70. The zero-order valence-corrected chi connectivity index (χ0v) is 14.8. The lowest BCUT2D eigenvalue weighted by atomic mass is 10.1. The molecule has 0 fully saturated rings. The van der Waals surface area contributed by atoms with Gasteiger partial charge in [0, 0.05) is 19.5 Å². The van der Waals surface area contributed by atoms with Crippen molar-refractivity contribution in [3.05, 3.63) is 64.4 Å². The highest BCUT2D eigenvalue weighted by Crippen LogP contribution is 2.17. The number of nitrogens with zero attached hydrogens (tertiary/aromatic N) is 1. The number of hydrogen-bond donors (Lipinski definition) is 1. The Morgan fingerprint density at radius 3 is 2.72 bits per heavy atom. The van der Waals surface area contributed by atoms with E-state index >= 15 is 0 Å². The second kappa shape index (κ2) is 7.98. The van der Waals surface area contributed by atoms with Crippen LogP contribution in [0, 0.1) is 0 Å². The van der Waals surface area contributed by atoms with Crippen molar-refractivity contribution in [3.8, 4) is 5.75 Å². The Morgan fingerprint density at radius 2 is 1.92 bits per heavy atom. The number of para-hydroxylation sites is 1. The molecule has 0 bridgehead atoms. The predicted octanol–water partition coefficient (Wildman–Crippen LogP) is 2.82. The van der Waals surface area contributed by atoms with Crippen LogP contribution in [0.3, 0.4) is 0 Å². The molecule has 0 unspecified atom stereocenters. The second-order valence-electron chi connectivity index (χ2n) is 5.66. The first-order chi connectivity index (χ1) is 12.2. The van der Waals surface area contributed by atoms with Crippen LogP contribution in [-0.4, -0.2) is 23.5 Å². The number of carbonyl (C=O) groups is 1. The highest BCUT2D eigenvalue weighted by Gasteiger charge is 2.09. The first kappa shape index (κ1) is 17.2. The van der Waals surface area contributed by atoms with Gasteiger partial charge in [-0.3, -0.25) is 13.5 Å². The molecule has 0 aliphatic rings. The summed E-state index contributed by atoms with van der Waals surface area (Å²) in [6.07, 6.45) is 0.997. The molecule has 5 nitrogen and oxygen atoms in total. The van der Waals surface area contributed by atoms with Crippen molar-refractivity contribution in [2.24, 2.45) is 0 Å². The predicted molar refractivity (Wildman–Crippen MR) is 100 cm³/mol. The lowest BCUT2D eigenvalue weighted by molar-refractivity contribution is -0.121. The smallest absolute Gasteiger partial charge is 0.268 e. The van der Waals surface area contributed by atoms with Crippen molar-refractivity contribution in [1.82, 2.24) is 9.27 Å². The van der Waals surface area contributed by atoms with E-state index in [1.54, 1.807) is 11.1 Å². The van der Waals surface area contributed by atoms with Crippen LogP contribution >= 0.6 is 11.5 Å². The van der Waals surface area contributed by atoms with Crippen molar-refractivity contribution >= 4 is 27.5 Å². The molecular weight excluding hydrogens is 336 g/mol. The molecule has 1 heterocycles. The van der Waals surface area contributed by atoms with Crippen LogP contribution < -0.4 is 15.6 Å². The quantitative estimate of drug-likeness (QED) is 0.708. The first-order valence-corrected chi connectivity index (χ1v) is 8.94. The fraction of sp³-hybridized carbons (Fsp3) is 0.263. The van der Waals surface area contributed by atoms with Gasteiger partial charge in [0.25, 0.3) is 5.56 Å². The number of nitrogens with one attached hydrogen (secondary N) is 1. The van der Waals surface area contributed by atoms with Gasteiger partial charge in [-0.25, -0.2) is 0 Å². The number of aryl methyl sites for hydroxylation is 1.